The monoisotopic (exact) mass is 916 g/mol. The maximum atomic E-state index is 13.9. The Morgan fingerprint density at radius 2 is 1.48 bits per heavy atom. The van der Waals surface area contributed by atoms with Gasteiger partial charge < -0.3 is 40.2 Å². The smallest absolute Gasteiger partial charge is 0.251 e. The van der Waals surface area contributed by atoms with E-state index in [2.05, 4.69) is 55.8 Å². The van der Waals surface area contributed by atoms with Crippen LogP contribution < -0.4 is 25.4 Å². The number of carbonyl (C=O) groups excluding carboxylic acids is 4. The van der Waals surface area contributed by atoms with Crippen LogP contribution in [0.15, 0.2) is 91.0 Å². The molecule has 1 saturated heterocycles. The van der Waals surface area contributed by atoms with Crippen LogP contribution in [-0.2, 0) is 25.7 Å². The Balaban J connectivity index is 0.936. The second-order valence-electron chi connectivity index (χ2n) is 19.1. The van der Waals surface area contributed by atoms with Gasteiger partial charge in [0.25, 0.3) is 5.91 Å². The molecular weight excluding hydrogens is 860 g/mol. The van der Waals surface area contributed by atoms with Crippen LogP contribution in [0.3, 0.4) is 0 Å². The molecule has 346 valence electrons. The number of benzene rings is 4. The van der Waals surface area contributed by atoms with Crippen molar-refractivity contribution in [3.8, 4) is 34.8 Å². The number of ether oxygens (including phenoxy) is 3. The molecule has 15 heteroatoms. The summed E-state index contributed by atoms with van der Waals surface area (Å²) in [5.41, 5.74) is 2.50. The number of hydrogen-bond donors (Lipinski definition) is 4. The Bertz CT molecular complexity index is 2470. The first kappa shape index (κ1) is 49.0. The van der Waals surface area contributed by atoms with Crippen molar-refractivity contribution in [2.45, 2.75) is 91.8 Å². The number of nitrogens with zero attached hydrogens (tertiary/aromatic N) is 3. The van der Waals surface area contributed by atoms with Gasteiger partial charge in [-0.2, -0.15) is 10.5 Å². The van der Waals surface area contributed by atoms with Gasteiger partial charge in [-0.3, -0.25) is 19.2 Å². The molecule has 0 radical (unpaired) electrons. The molecule has 4 N–H and O–H groups in total. The summed E-state index contributed by atoms with van der Waals surface area (Å²) >= 11 is 6.24. The van der Waals surface area contributed by atoms with E-state index in [-0.39, 0.29) is 57.4 Å². The van der Waals surface area contributed by atoms with Crippen molar-refractivity contribution in [2.24, 2.45) is 16.2 Å². The molecule has 2 fully saturated rings. The van der Waals surface area contributed by atoms with Gasteiger partial charge in [-0.05, 0) is 70.6 Å². The lowest BCUT2D eigenvalue weighted by molar-refractivity contribution is -0.164. The van der Waals surface area contributed by atoms with Gasteiger partial charge in [0, 0.05) is 48.0 Å². The van der Waals surface area contributed by atoms with E-state index in [1.807, 2.05) is 36.4 Å². The summed E-state index contributed by atoms with van der Waals surface area (Å²) in [4.78, 5) is 54.9. The molecule has 1 aliphatic carbocycles. The molecule has 0 spiro atoms. The summed E-state index contributed by atoms with van der Waals surface area (Å²) in [5.74, 6) is -0.441. The number of nitrogens with one attached hydrogen (secondary N) is 3. The van der Waals surface area contributed by atoms with Crippen LogP contribution in [0.2, 0.25) is 5.02 Å². The van der Waals surface area contributed by atoms with Crippen molar-refractivity contribution in [3.63, 3.8) is 0 Å². The van der Waals surface area contributed by atoms with Gasteiger partial charge in [-0.1, -0.05) is 96.5 Å². The largest absolute Gasteiger partial charge is 0.491 e. The van der Waals surface area contributed by atoms with E-state index in [0.29, 0.717) is 33.2 Å². The van der Waals surface area contributed by atoms with E-state index < -0.39 is 52.2 Å². The van der Waals surface area contributed by atoms with Crippen molar-refractivity contribution < 1.29 is 38.5 Å². The summed E-state index contributed by atoms with van der Waals surface area (Å²) < 4.78 is 17.8. The molecule has 3 atom stereocenters. The highest BCUT2D eigenvalue weighted by molar-refractivity contribution is 6.31. The van der Waals surface area contributed by atoms with E-state index >= 15 is 0 Å². The summed E-state index contributed by atoms with van der Waals surface area (Å²) in [6.45, 7) is 13.7. The number of aliphatic hydroxyl groups excluding tert-OH is 1. The maximum absolute atomic E-state index is 13.9. The Kier molecular flexibility index (Phi) is 15.1. The van der Waals surface area contributed by atoms with Crippen molar-refractivity contribution in [1.82, 2.24) is 20.9 Å². The van der Waals surface area contributed by atoms with E-state index in [0.717, 1.165) is 16.7 Å². The highest BCUT2D eigenvalue weighted by Crippen LogP contribution is 2.55. The quantitative estimate of drug-likeness (QED) is 0.0891. The Morgan fingerprint density at radius 3 is 2.08 bits per heavy atom. The second-order valence-corrected chi connectivity index (χ2v) is 19.5. The SMILES string of the molecule is CC(C)(C)C(NC(=O)COCCOc1ccc(-c2ccc(C(=O)N[C@H]3C(C)(C)[C@H](Oc4ccc(C#N)c(Cl)c4)C3(C)C)cc2)cc1)C(=O)N1C[C@H](O)C[C@H]1C(=O)NCc1ccc(C#N)cc1. The van der Waals surface area contributed by atoms with Crippen LogP contribution in [-0.4, -0.2) is 90.3 Å². The third kappa shape index (κ3) is 11.3. The fourth-order valence-electron chi connectivity index (χ4n) is 9.08. The molecule has 1 heterocycles. The van der Waals surface area contributed by atoms with Crippen molar-refractivity contribution in [3.05, 3.63) is 118 Å². The minimum atomic E-state index is -1.000. The maximum Gasteiger partial charge on any atom is 0.251 e. The first-order valence-corrected chi connectivity index (χ1v) is 22.2. The van der Waals surface area contributed by atoms with Gasteiger partial charge in [0.2, 0.25) is 17.7 Å². The number of amides is 4. The van der Waals surface area contributed by atoms with Gasteiger partial charge in [0.05, 0.1) is 34.9 Å². The second kappa shape index (κ2) is 20.4. The minimum absolute atomic E-state index is 0.0483. The highest BCUT2D eigenvalue weighted by atomic mass is 35.5. The molecule has 14 nitrogen and oxygen atoms in total. The molecule has 0 bridgehead atoms. The first-order valence-electron chi connectivity index (χ1n) is 21.9. The number of nitriles is 2. The highest BCUT2D eigenvalue weighted by Gasteiger charge is 2.64. The number of likely N-dealkylation sites (tertiary alicyclic amines) is 1. The zero-order valence-electron chi connectivity index (χ0n) is 38.3. The van der Waals surface area contributed by atoms with Crippen molar-refractivity contribution >= 4 is 35.2 Å². The normalized spacial score (nSPS) is 19.8. The van der Waals surface area contributed by atoms with E-state index in [1.165, 1.54) is 4.90 Å². The fourth-order valence-corrected chi connectivity index (χ4v) is 9.29. The number of aliphatic hydroxyl groups is 1. The topological polar surface area (TPSA) is 203 Å². The summed E-state index contributed by atoms with van der Waals surface area (Å²) in [6.07, 6.45) is -1.06. The average molecular weight is 918 g/mol. The van der Waals surface area contributed by atoms with Gasteiger partial charge in [0.1, 0.15) is 49.0 Å². The molecule has 66 heavy (non-hydrogen) atoms. The Hall–Kier alpha value is -6.45. The molecule has 1 aliphatic heterocycles. The zero-order chi connectivity index (χ0) is 48.0. The molecule has 4 aromatic carbocycles. The van der Waals surface area contributed by atoms with Crippen LogP contribution in [0.25, 0.3) is 11.1 Å². The van der Waals surface area contributed by atoms with Gasteiger partial charge in [0.15, 0.2) is 0 Å². The average Bonchev–Trinajstić information content (AvgIpc) is 3.69. The van der Waals surface area contributed by atoms with Crippen LogP contribution in [0.1, 0.15) is 81.9 Å². The molecule has 4 aromatic rings. The molecule has 6 rings (SSSR count). The Labute approximate surface area is 391 Å². The molecule has 0 aromatic heterocycles. The summed E-state index contributed by atoms with van der Waals surface area (Å²) in [5, 5.41) is 37.9. The molecule has 2 aliphatic rings. The molecule has 1 saturated carbocycles. The van der Waals surface area contributed by atoms with Gasteiger partial charge in [-0.25, -0.2) is 0 Å². The van der Waals surface area contributed by atoms with E-state index in [4.69, 9.17) is 31.1 Å². The number of β-amino-alcohol motifs (C(OH)–C–C–N with tert-alkyl or cyclic N) is 1. The standard InChI is InChI=1S/C51H57ClN6O8/c1-49(2,3)43(46(63)58-29-37(59)24-41(58)45(62)55-28-32-10-8-31(26-53)9-11-32)56-42(60)30-64-22-23-65-38-19-16-34(17-20-38)33-12-14-35(15-13-33)44(61)57-47-50(4,5)48(51(47,6)7)66-39-21-18-36(27-54)40(52)25-39/h8-21,25,37,41,43,47-48,59H,22-24,28-30H2,1-7H3,(H,55,62)(H,56,60)(H,57,61)/t37-,41+,43?,47-,48-/m1/s1. The minimum Gasteiger partial charge on any atom is -0.491 e. The van der Waals surface area contributed by atoms with Crippen LogP contribution in [0.5, 0.6) is 11.5 Å². The first-order chi connectivity index (χ1) is 31.2. The lowest BCUT2D eigenvalue weighted by atomic mass is 9.49. The van der Waals surface area contributed by atoms with Gasteiger partial charge >= 0.3 is 0 Å². The molecule has 1 unspecified atom stereocenters. The third-order valence-corrected chi connectivity index (χ3v) is 12.6. The molecule has 4 amide bonds. The number of hydrogen-bond acceptors (Lipinski definition) is 10. The van der Waals surface area contributed by atoms with Crippen LogP contribution in [0, 0.1) is 38.9 Å². The predicted molar refractivity (Wildman–Crippen MR) is 248 cm³/mol. The lowest BCUT2D eigenvalue weighted by Gasteiger charge is -2.63. The fraction of sp³-hybridized carbons (Fsp3) is 0.412. The van der Waals surface area contributed by atoms with E-state index in [1.54, 1.807) is 75.4 Å². The van der Waals surface area contributed by atoms with Crippen LogP contribution in [0.4, 0.5) is 0 Å². The number of rotatable bonds is 16. The van der Waals surface area contributed by atoms with Crippen LogP contribution >= 0.6 is 11.6 Å². The Morgan fingerprint density at radius 1 is 0.864 bits per heavy atom. The lowest BCUT2D eigenvalue weighted by Crippen LogP contribution is -2.74. The van der Waals surface area contributed by atoms with Gasteiger partial charge in [-0.15, -0.1) is 0 Å². The molecular formula is C51H57ClN6O8. The van der Waals surface area contributed by atoms with E-state index in [9.17, 15) is 29.5 Å². The predicted octanol–water partition coefficient (Wildman–Crippen LogP) is 6.57. The van der Waals surface area contributed by atoms with Crippen molar-refractivity contribution in [1.29, 1.82) is 10.5 Å². The number of halogens is 1. The van der Waals surface area contributed by atoms with Crippen molar-refractivity contribution in [2.75, 3.05) is 26.4 Å². The number of carbonyl (C=O) groups is 4. The zero-order valence-corrected chi connectivity index (χ0v) is 39.1. The summed E-state index contributed by atoms with van der Waals surface area (Å²) in [7, 11) is 0. The summed E-state index contributed by atoms with van der Waals surface area (Å²) in [6, 6.07) is 28.6. The third-order valence-electron chi connectivity index (χ3n) is 12.3.